The van der Waals surface area contributed by atoms with E-state index < -0.39 is 0 Å². The summed E-state index contributed by atoms with van der Waals surface area (Å²) in [5.41, 5.74) is 4.74. The molecule has 0 bridgehead atoms. The minimum absolute atomic E-state index is 0.442. The van der Waals surface area contributed by atoms with Crippen LogP contribution in [-0.2, 0) is 0 Å². The highest BCUT2D eigenvalue weighted by Crippen LogP contribution is 2.25. The van der Waals surface area contributed by atoms with Crippen LogP contribution in [0.15, 0.2) is 18.5 Å². The molecular weight excluding hydrogens is 184 g/mol. The van der Waals surface area contributed by atoms with Gasteiger partial charge in [0.25, 0.3) is 0 Å². The van der Waals surface area contributed by atoms with Gasteiger partial charge < -0.3 is 0 Å². The highest BCUT2D eigenvalue weighted by Gasteiger charge is 2.09. The van der Waals surface area contributed by atoms with E-state index in [0.29, 0.717) is 5.92 Å². The van der Waals surface area contributed by atoms with E-state index in [1.54, 1.807) is 6.33 Å². The average Bonchev–Trinajstić information content (AvgIpc) is 2.16. The lowest BCUT2D eigenvalue weighted by atomic mass is 9.99. The Bertz CT molecular complexity index is 501. The summed E-state index contributed by atoms with van der Waals surface area (Å²) in [6, 6.07) is 4.31. The fraction of sp³-hybridized carbons (Fsp3) is 0.385. The number of hydrogen-bond acceptors (Lipinski definition) is 2. The molecule has 0 aliphatic rings. The van der Waals surface area contributed by atoms with Gasteiger partial charge in [-0.05, 0) is 37.0 Å². The van der Waals surface area contributed by atoms with Crippen molar-refractivity contribution in [2.24, 2.45) is 0 Å². The third kappa shape index (κ3) is 1.72. The minimum atomic E-state index is 0.442. The second-order valence-corrected chi connectivity index (χ2v) is 4.39. The van der Waals surface area contributed by atoms with Gasteiger partial charge in [0.05, 0.1) is 11.2 Å². The third-order valence-corrected chi connectivity index (χ3v) is 2.66. The van der Waals surface area contributed by atoms with Gasteiger partial charge in [0.1, 0.15) is 6.33 Å². The van der Waals surface area contributed by atoms with Crippen LogP contribution in [0.25, 0.3) is 10.9 Å². The highest BCUT2D eigenvalue weighted by atomic mass is 14.8. The molecule has 0 aliphatic carbocycles. The minimum Gasteiger partial charge on any atom is -0.240 e. The molecule has 1 aromatic carbocycles. The van der Waals surface area contributed by atoms with Gasteiger partial charge in [-0.3, -0.25) is 0 Å². The van der Waals surface area contributed by atoms with Crippen LogP contribution in [0.2, 0.25) is 0 Å². The molecule has 0 saturated carbocycles. The monoisotopic (exact) mass is 200 g/mol. The Morgan fingerprint density at radius 3 is 2.47 bits per heavy atom. The summed E-state index contributed by atoms with van der Waals surface area (Å²) in [5.74, 6) is 0.442. The Kier molecular flexibility index (Phi) is 2.43. The van der Waals surface area contributed by atoms with Crippen molar-refractivity contribution in [2.45, 2.75) is 33.6 Å². The predicted molar refractivity (Wildman–Crippen MR) is 63.1 cm³/mol. The highest BCUT2D eigenvalue weighted by molar-refractivity contribution is 5.85. The molecule has 2 aromatic rings. The standard InChI is InChI=1S/C13H16N2/c1-8(2)13-12-10(4)5-9(3)6-11(12)14-7-15-13/h5-8H,1-4H3. The summed E-state index contributed by atoms with van der Waals surface area (Å²) < 4.78 is 0. The van der Waals surface area contributed by atoms with E-state index >= 15 is 0 Å². The molecule has 15 heavy (non-hydrogen) atoms. The van der Waals surface area contributed by atoms with Gasteiger partial charge in [-0.25, -0.2) is 9.97 Å². The summed E-state index contributed by atoms with van der Waals surface area (Å²) >= 11 is 0. The lowest BCUT2D eigenvalue weighted by molar-refractivity contribution is 0.827. The first-order chi connectivity index (χ1) is 7.09. The summed E-state index contributed by atoms with van der Waals surface area (Å²) in [6.45, 7) is 8.57. The van der Waals surface area contributed by atoms with Crippen LogP contribution in [0.3, 0.4) is 0 Å². The van der Waals surface area contributed by atoms with Crippen LogP contribution >= 0.6 is 0 Å². The molecule has 0 spiro atoms. The largest absolute Gasteiger partial charge is 0.240 e. The van der Waals surface area contributed by atoms with E-state index in [0.717, 1.165) is 11.2 Å². The summed E-state index contributed by atoms with van der Waals surface area (Å²) in [5, 5.41) is 1.22. The van der Waals surface area contributed by atoms with E-state index in [1.165, 1.54) is 16.5 Å². The number of aryl methyl sites for hydroxylation is 2. The van der Waals surface area contributed by atoms with Crippen molar-refractivity contribution in [3.05, 3.63) is 35.3 Å². The van der Waals surface area contributed by atoms with Crippen LogP contribution in [0.4, 0.5) is 0 Å². The second-order valence-electron chi connectivity index (χ2n) is 4.39. The zero-order valence-electron chi connectivity index (χ0n) is 9.70. The van der Waals surface area contributed by atoms with Crippen molar-refractivity contribution in [1.82, 2.24) is 9.97 Å². The van der Waals surface area contributed by atoms with E-state index in [-0.39, 0.29) is 0 Å². The fourth-order valence-electron chi connectivity index (χ4n) is 2.04. The Labute approximate surface area is 90.4 Å². The molecule has 0 unspecified atom stereocenters. The number of fused-ring (bicyclic) bond motifs is 1. The van der Waals surface area contributed by atoms with Gasteiger partial charge in [-0.1, -0.05) is 19.9 Å². The molecule has 2 nitrogen and oxygen atoms in total. The number of nitrogens with zero attached hydrogens (tertiary/aromatic N) is 2. The molecule has 1 aromatic heterocycles. The topological polar surface area (TPSA) is 25.8 Å². The number of hydrogen-bond donors (Lipinski definition) is 0. The maximum absolute atomic E-state index is 4.39. The summed E-state index contributed by atoms with van der Waals surface area (Å²) in [6.07, 6.45) is 1.66. The van der Waals surface area contributed by atoms with Crippen LogP contribution in [0, 0.1) is 13.8 Å². The molecule has 0 amide bonds. The van der Waals surface area contributed by atoms with Crippen molar-refractivity contribution < 1.29 is 0 Å². The first-order valence-corrected chi connectivity index (χ1v) is 5.31. The summed E-state index contributed by atoms with van der Waals surface area (Å²) in [4.78, 5) is 8.72. The van der Waals surface area contributed by atoms with Crippen molar-refractivity contribution in [3.8, 4) is 0 Å². The molecule has 0 saturated heterocycles. The molecule has 2 heteroatoms. The molecule has 2 rings (SSSR count). The molecule has 0 fully saturated rings. The van der Waals surface area contributed by atoms with Gasteiger partial charge in [0, 0.05) is 5.39 Å². The number of rotatable bonds is 1. The van der Waals surface area contributed by atoms with Crippen LogP contribution in [0.1, 0.15) is 36.6 Å². The molecule has 0 aliphatic heterocycles. The van der Waals surface area contributed by atoms with Crippen LogP contribution in [-0.4, -0.2) is 9.97 Å². The second kappa shape index (κ2) is 3.61. The smallest absolute Gasteiger partial charge is 0.116 e. The van der Waals surface area contributed by atoms with Crippen molar-refractivity contribution in [2.75, 3.05) is 0 Å². The van der Waals surface area contributed by atoms with Crippen molar-refractivity contribution >= 4 is 10.9 Å². The van der Waals surface area contributed by atoms with Crippen LogP contribution < -0.4 is 0 Å². The van der Waals surface area contributed by atoms with Crippen LogP contribution in [0.5, 0.6) is 0 Å². The van der Waals surface area contributed by atoms with E-state index in [4.69, 9.17) is 0 Å². The molecule has 0 atom stereocenters. The lowest BCUT2D eigenvalue weighted by Gasteiger charge is -2.10. The Balaban J connectivity index is 2.85. The predicted octanol–water partition coefficient (Wildman–Crippen LogP) is 3.37. The first kappa shape index (κ1) is 10.1. The van der Waals surface area contributed by atoms with Gasteiger partial charge in [0.15, 0.2) is 0 Å². The normalized spacial score (nSPS) is 11.3. The van der Waals surface area contributed by atoms with E-state index in [1.807, 2.05) is 0 Å². The first-order valence-electron chi connectivity index (χ1n) is 5.31. The zero-order chi connectivity index (χ0) is 11.0. The molecule has 1 heterocycles. The SMILES string of the molecule is Cc1cc(C)c2c(C(C)C)ncnc2c1. The third-order valence-electron chi connectivity index (χ3n) is 2.66. The maximum Gasteiger partial charge on any atom is 0.116 e. The van der Waals surface area contributed by atoms with Gasteiger partial charge in [0.2, 0.25) is 0 Å². The molecule has 0 radical (unpaired) electrons. The van der Waals surface area contributed by atoms with Crippen molar-refractivity contribution in [1.29, 1.82) is 0 Å². The Hall–Kier alpha value is -1.44. The Morgan fingerprint density at radius 1 is 1.07 bits per heavy atom. The molecule has 0 N–H and O–H groups in total. The molecule has 78 valence electrons. The van der Waals surface area contributed by atoms with Gasteiger partial charge in [-0.15, -0.1) is 0 Å². The number of benzene rings is 1. The maximum atomic E-state index is 4.39. The van der Waals surface area contributed by atoms with Gasteiger partial charge >= 0.3 is 0 Å². The van der Waals surface area contributed by atoms with Crippen molar-refractivity contribution in [3.63, 3.8) is 0 Å². The molecular formula is C13H16N2. The quantitative estimate of drug-likeness (QED) is 0.705. The lowest BCUT2D eigenvalue weighted by Crippen LogP contribution is -1.98. The van der Waals surface area contributed by atoms with E-state index in [9.17, 15) is 0 Å². The zero-order valence-corrected chi connectivity index (χ0v) is 9.70. The van der Waals surface area contributed by atoms with Gasteiger partial charge in [-0.2, -0.15) is 0 Å². The summed E-state index contributed by atoms with van der Waals surface area (Å²) in [7, 11) is 0. The Morgan fingerprint density at radius 2 is 1.80 bits per heavy atom. The fourth-order valence-corrected chi connectivity index (χ4v) is 2.04. The average molecular weight is 200 g/mol. The van der Waals surface area contributed by atoms with E-state index in [2.05, 4.69) is 49.8 Å². The number of aromatic nitrogens is 2.